The fraction of sp³-hybridized carbons (Fsp3) is 0.769. The third-order valence-corrected chi connectivity index (χ3v) is 5.67. The number of hydrogen-bond donors (Lipinski definition) is 0. The molecule has 0 N–H and O–H groups in total. The number of hydrogen-bond acceptors (Lipinski definition) is 4. The minimum absolute atomic E-state index is 0.00849. The van der Waals surface area contributed by atoms with E-state index >= 15 is 0 Å². The first kappa shape index (κ1) is 14.4. The third kappa shape index (κ3) is 2.87. The summed E-state index contributed by atoms with van der Waals surface area (Å²) in [5, 5.41) is -0.0663. The Bertz CT molecular complexity index is 573. The lowest BCUT2D eigenvalue weighted by Crippen LogP contribution is -2.41. The van der Waals surface area contributed by atoms with E-state index in [0.29, 0.717) is 0 Å². The fourth-order valence-corrected chi connectivity index (χ4v) is 4.10. The van der Waals surface area contributed by atoms with Crippen molar-refractivity contribution >= 4 is 19.7 Å². The summed E-state index contributed by atoms with van der Waals surface area (Å²) in [5.74, 6) is 0. The highest BCUT2D eigenvalue weighted by Crippen LogP contribution is 2.42. The van der Waals surface area contributed by atoms with Crippen LogP contribution < -0.4 is 0 Å². The average Bonchev–Trinajstić information content (AvgIpc) is 2.89. The molecule has 1 spiro atoms. The first-order valence-electron chi connectivity index (χ1n) is 7.11. The van der Waals surface area contributed by atoms with Crippen LogP contribution in [0.1, 0.15) is 51.0 Å². The Hall–Kier alpha value is -0.590. The molecule has 3 rings (SSSR count). The number of nitrogens with zero attached hydrogens (tertiary/aromatic N) is 2. The van der Waals surface area contributed by atoms with Gasteiger partial charge in [-0.05, 0) is 25.7 Å². The third-order valence-electron chi connectivity index (χ3n) is 4.48. The van der Waals surface area contributed by atoms with Gasteiger partial charge >= 0.3 is 0 Å². The minimum atomic E-state index is -3.74. The molecule has 2 heterocycles. The molecule has 1 aliphatic carbocycles. The van der Waals surface area contributed by atoms with Crippen molar-refractivity contribution in [1.29, 1.82) is 0 Å². The van der Waals surface area contributed by atoms with Gasteiger partial charge in [0.25, 0.3) is 9.05 Å². The zero-order valence-corrected chi connectivity index (χ0v) is 12.9. The van der Waals surface area contributed by atoms with E-state index in [1.807, 2.05) is 4.57 Å². The van der Waals surface area contributed by atoms with Gasteiger partial charge in [-0.15, -0.1) is 0 Å². The van der Waals surface area contributed by atoms with Gasteiger partial charge in [0.05, 0.1) is 11.9 Å². The lowest BCUT2D eigenvalue weighted by Gasteiger charge is -2.43. The Balaban J connectivity index is 1.78. The topological polar surface area (TPSA) is 61.2 Å². The van der Waals surface area contributed by atoms with Crippen LogP contribution in [0.5, 0.6) is 0 Å². The Morgan fingerprint density at radius 2 is 2.10 bits per heavy atom. The molecular weight excluding hydrogens is 300 g/mol. The van der Waals surface area contributed by atoms with Gasteiger partial charge in [0.2, 0.25) is 0 Å². The van der Waals surface area contributed by atoms with E-state index in [2.05, 4.69) is 4.98 Å². The summed E-state index contributed by atoms with van der Waals surface area (Å²) in [5.41, 5.74) is -0.00849. The summed E-state index contributed by atoms with van der Waals surface area (Å²) < 4.78 is 30.5. The number of rotatable bonds is 2. The van der Waals surface area contributed by atoms with Crippen molar-refractivity contribution in [1.82, 2.24) is 9.55 Å². The highest BCUT2D eigenvalue weighted by atomic mass is 35.7. The van der Waals surface area contributed by atoms with E-state index in [1.54, 1.807) is 6.33 Å². The van der Waals surface area contributed by atoms with Crippen molar-refractivity contribution in [2.24, 2.45) is 0 Å². The zero-order valence-electron chi connectivity index (χ0n) is 11.3. The van der Waals surface area contributed by atoms with Crippen LogP contribution in [0.4, 0.5) is 0 Å². The molecule has 112 valence electrons. The van der Waals surface area contributed by atoms with Crippen molar-refractivity contribution in [3.05, 3.63) is 12.5 Å². The van der Waals surface area contributed by atoms with Crippen LogP contribution in [-0.2, 0) is 13.8 Å². The minimum Gasteiger partial charge on any atom is -0.375 e. The van der Waals surface area contributed by atoms with E-state index < -0.39 is 9.05 Å². The summed E-state index contributed by atoms with van der Waals surface area (Å²) >= 11 is 0. The molecule has 2 aliphatic rings. The molecule has 1 saturated heterocycles. The monoisotopic (exact) mass is 318 g/mol. The first-order chi connectivity index (χ1) is 9.49. The summed E-state index contributed by atoms with van der Waals surface area (Å²) in [4.78, 5) is 3.90. The van der Waals surface area contributed by atoms with Gasteiger partial charge in [0.1, 0.15) is 0 Å². The Morgan fingerprint density at radius 3 is 2.75 bits per heavy atom. The lowest BCUT2D eigenvalue weighted by atomic mass is 9.78. The van der Waals surface area contributed by atoms with Crippen LogP contribution in [0.25, 0.3) is 0 Å². The molecular formula is C13H19ClN2O3S. The van der Waals surface area contributed by atoms with Crippen molar-refractivity contribution in [2.45, 2.75) is 61.6 Å². The molecule has 0 radical (unpaired) electrons. The lowest BCUT2D eigenvalue weighted by molar-refractivity contribution is -0.114. The molecule has 1 aliphatic heterocycles. The molecule has 1 aromatic heterocycles. The SMILES string of the molecule is O=S(=O)(Cl)c1cn(C2CCOC3(CCCCC3)C2)cn1. The largest absolute Gasteiger partial charge is 0.375 e. The molecule has 5 nitrogen and oxygen atoms in total. The van der Waals surface area contributed by atoms with Gasteiger partial charge < -0.3 is 9.30 Å². The maximum absolute atomic E-state index is 11.3. The van der Waals surface area contributed by atoms with Crippen LogP contribution in [-0.4, -0.2) is 30.2 Å². The maximum atomic E-state index is 11.3. The van der Waals surface area contributed by atoms with Crippen molar-refractivity contribution in [2.75, 3.05) is 6.61 Å². The quantitative estimate of drug-likeness (QED) is 0.787. The van der Waals surface area contributed by atoms with E-state index in [-0.39, 0.29) is 16.7 Å². The van der Waals surface area contributed by atoms with E-state index in [1.165, 1.54) is 25.5 Å². The second-order valence-electron chi connectivity index (χ2n) is 5.84. The maximum Gasteiger partial charge on any atom is 0.280 e. The average molecular weight is 319 g/mol. The molecule has 1 saturated carbocycles. The molecule has 1 unspecified atom stereocenters. The van der Waals surface area contributed by atoms with Crippen molar-refractivity contribution in [3.8, 4) is 0 Å². The van der Waals surface area contributed by atoms with Crippen LogP contribution in [0.2, 0.25) is 0 Å². The van der Waals surface area contributed by atoms with Crippen molar-refractivity contribution < 1.29 is 13.2 Å². The number of halogens is 1. The zero-order chi connectivity index (χ0) is 14.2. The molecule has 20 heavy (non-hydrogen) atoms. The molecule has 1 atom stereocenters. The van der Waals surface area contributed by atoms with E-state index in [4.69, 9.17) is 15.4 Å². The molecule has 0 amide bonds. The first-order valence-corrected chi connectivity index (χ1v) is 9.42. The standard InChI is InChI=1S/C13H19ClN2O3S/c14-20(17,18)12-9-16(10-15-12)11-4-7-19-13(8-11)5-2-1-3-6-13/h9-11H,1-8H2. The van der Waals surface area contributed by atoms with Crippen LogP contribution in [0.3, 0.4) is 0 Å². The number of imidazole rings is 1. The Labute approximate surface area is 123 Å². The van der Waals surface area contributed by atoms with Gasteiger partial charge in [0, 0.05) is 29.5 Å². The molecule has 0 aromatic carbocycles. The van der Waals surface area contributed by atoms with Crippen LogP contribution >= 0.6 is 10.7 Å². The predicted molar refractivity (Wildman–Crippen MR) is 75.3 cm³/mol. The van der Waals surface area contributed by atoms with Gasteiger partial charge in [-0.25, -0.2) is 13.4 Å². The highest BCUT2D eigenvalue weighted by molar-refractivity contribution is 8.13. The normalized spacial score (nSPS) is 26.8. The second kappa shape index (κ2) is 5.31. The summed E-state index contributed by atoms with van der Waals surface area (Å²) in [6, 6.07) is 0.251. The Kier molecular flexibility index (Phi) is 3.81. The molecule has 7 heteroatoms. The van der Waals surface area contributed by atoms with Gasteiger partial charge in [0.15, 0.2) is 5.03 Å². The van der Waals surface area contributed by atoms with Gasteiger partial charge in [-0.1, -0.05) is 19.3 Å². The fourth-order valence-electron chi connectivity index (χ4n) is 3.44. The predicted octanol–water partition coefficient (Wildman–Crippen LogP) is 2.87. The van der Waals surface area contributed by atoms with E-state index in [0.717, 1.165) is 32.3 Å². The molecule has 0 bridgehead atoms. The summed E-state index contributed by atoms with van der Waals surface area (Å²) in [7, 11) is 1.58. The van der Waals surface area contributed by atoms with Gasteiger partial charge in [-0.2, -0.15) is 0 Å². The molecule has 2 fully saturated rings. The highest BCUT2D eigenvalue weighted by Gasteiger charge is 2.39. The Morgan fingerprint density at radius 1 is 1.35 bits per heavy atom. The summed E-state index contributed by atoms with van der Waals surface area (Å²) in [6.07, 6.45) is 10.9. The van der Waals surface area contributed by atoms with Crippen LogP contribution in [0, 0.1) is 0 Å². The number of ether oxygens (including phenoxy) is 1. The van der Waals surface area contributed by atoms with Gasteiger partial charge in [-0.3, -0.25) is 0 Å². The van der Waals surface area contributed by atoms with Crippen molar-refractivity contribution in [3.63, 3.8) is 0 Å². The smallest absolute Gasteiger partial charge is 0.280 e. The summed E-state index contributed by atoms with van der Waals surface area (Å²) in [6.45, 7) is 0.728. The van der Waals surface area contributed by atoms with E-state index in [9.17, 15) is 8.42 Å². The number of aromatic nitrogens is 2. The molecule has 1 aromatic rings. The second-order valence-corrected chi connectivity index (χ2v) is 8.35. The van der Waals surface area contributed by atoms with Crippen LogP contribution in [0.15, 0.2) is 17.6 Å².